The molecule has 2 fully saturated rings. The number of aliphatic hydroxyl groups excluding tert-OH is 1. The number of rotatable bonds is 3. The third-order valence-electron chi connectivity index (χ3n) is 5.85. The Morgan fingerprint density at radius 3 is 2.61 bits per heavy atom. The Kier molecular flexibility index (Phi) is 4.23. The standard InChI is InChI=1S/C17H28N4O2/c1-13-15(19-12-18-13)8-20-6-4-17(5-7-20)9-16(3,11-22)21(10-17)14(2)23/h12,22H,4-11H2,1-3H3,(H,18,19)/t16-/m1/s1. The lowest BCUT2D eigenvalue weighted by atomic mass is 9.74. The molecule has 6 heteroatoms. The van der Waals surface area contributed by atoms with E-state index in [1.165, 1.54) is 0 Å². The largest absolute Gasteiger partial charge is 0.394 e. The topological polar surface area (TPSA) is 72.5 Å². The van der Waals surface area contributed by atoms with Gasteiger partial charge in [-0.3, -0.25) is 9.69 Å². The lowest BCUT2D eigenvalue weighted by Crippen LogP contribution is -2.46. The summed E-state index contributed by atoms with van der Waals surface area (Å²) < 4.78 is 0. The number of hydrogen-bond acceptors (Lipinski definition) is 4. The van der Waals surface area contributed by atoms with E-state index in [1.54, 1.807) is 13.3 Å². The van der Waals surface area contributed by atoms with Crippen LogP contribution in [0.4, 0.5) is 0 Å². The number of likely N-dealkylation sites (tertiary alicyclic amines) is 2. The van der Waals surface area contributed by atoms with Gasteiger partial charge < -0.3 is 15.0 Å². The van der Waals surface area contributed by atoms with Gasteiger partial charge in [0.05, 0.1) is 24.2 Å². The highest BCUT2D eigenvalue weighted by atomic mass is 16.3. The number of imidazole rings is 1. The number of nitrogens with one attached hydrogen (secondary N) is 1. The number of hydrogen-bond donors (Lipinski definition) is 2. The minimum absolute atomic E-state index is 0.0461. The average molecular weight is 320 g/mol. The Morgan fingerprint density at radius 1 is 1.43 bits per heavy atom. The summed E-state index contributed by atoms with van der Waals surface area (Å²) in [5.41, 5.74) is 2.03. The first kappa shape index (κ1) is 16.5. The van der Waals surface area contributed by atoms with Gasteiger partial charge >= 0.3 is 0 Å². The molecule has 128 valence electrons. The van der Waals surface area contributed by atoms with Gasteiger partial charge in [0.2, 0.25) is 5.91 Å². The van der Waals surface area contributed by atoms with E-state index in [4.69, 9.17) is 0 Å². The van der Waals surface area contributed by atoms with Crippen molar-refractivity contribution in [3.8, 4) is 0 Å². The predicted octanol–water partition coefficient (Wildman–Crippen LogP) is 1.30. The number of aromatic amines is 1. The van der Waals surface area contributed by atoms with E-state index >= 15 is 0 Å². The number of piperidine rings is 1. The van der Waals surface area contributed by atoms with Crippen molar-refractivity contribution >= 4 is 5.91 Å². The zero-order valence-electron chi connectivity index (χ0n) is 14.4. The number of H-pyrrole nitrogens is 1. The van der Waals surface area contributed by atoms with Crippen molar-refractivity contribution in [1.29, 1.82) is 0 Å². The molecule has 1 aromatic heterocycles. The first-order chi connectivity index (χ1) is 10.9. The second kappa shape index (κ2) is 5.91. The number of carbonyl (C=O) groups excluding carboxylic acids is 1. The Morgan fingerprint density at radius 2 is 2.13 bits per heavy atom. The molecule has 0 aromatic carbocycles. The lowest BCUT2D eigenvalue weighted by molar-refractivity contribution is -0.134. The smallest absolute Gasteiger partial charge is 0.219 e. The quantitative estimate of drug-likeness (QED) is 0.881. The van der Waals surface area contributed by atoms with Crippen LogP contribution in [0, 0.1) is 12.3 Å². The Hall–Kier alpha value is -1.40. The molecule has 1 spiro atoms. The number of aliphatic hydroxyl groups is 1. The first-order valence-electron chi connectivity index (χ1n) is 8.48. The van der Waals surface area contributed by atoms with E-state index in [9.17, 15) is 9.90 Å². The zero-order valence-corrected chi connectivity index (χ0v) is 14.4. The summed E-state index contributed by atoms with van der Waals surface area (Å²) in [6.07, 6.45) is 4.82. The second-order valence-corrected chi connectivity index (χ2v) is 7.69. The predicted molar refractivity (Wildman–Crippen MR) is 87.8 cm³/mol. The van der Waals surface area contributed by atoms with Crippen molar-refractivity contribution in [3.05, 3.63) is 17.7 Å². The van der Waals surface area contributed by atoms with Crippen LogP contribution in [-0.4, -0.2) is 62.6 Å². The number of nitrogens with zero attached hydrogens (tertiary/aromatic N) is 3. The summed E-state index contributed by atoms with van der Waals surface area (Å²) in [7, 11) is 0. The van der Waals surface area contributed by atoms with E-state index in [2.05, 4.69) is 21.8 Å². The fourth-order valence-electron chi connectivity index (χ4n) is 4.40. The highest BCUT2D eigenvalue weighted by Crippen LogP contribution is 2.48. The average Bonchev–Trinajstić information content (AvgIpc) is 3.04. The molecule has 2 aliphatic heterocycles. The highest BCUT2D eigenvalue weighted by molar-refractivity contribution is 5.74. The van der Waals surface area contributed by atoms with Gasteiger partial charge in [-0.25, -0.2) is 4.98 Å². The summed E-state index contributed by atoms with van der Waals surface area (Å²) in [6, 6.07) is 0. The molecular formula is C17H28N4O2. The minimum Gasteiger partial charge on any atom is -0.394 e. The molecule has 0 bridgehead atoms. The summed E-state index contributed by atoms with van der Waals surface area (Å²) in [6.45, 7) is 9.46. The monoisotopic (exact) mass is 320 g/mol. The molecule has 23 heavy (non-hydrogen) atoms. The number of carbonyl (C=O) groups is 1. The molecule has 2 N–H and O–H groups in total. The molecule has 2 aliphatic rings. The van der Waals surface area contributed by atoms with E-state index in [-0.39, 0.29) is 17.9 Å². The van der Waals surface area contributed by atoms with Crippen LogP contribution in [0.5, 0.6) is 0 Å². The molecule has 6 nitrogen and oxygen atoms in total. The molecule has 1 atom stereocenters. The van der Waals surface area contributed by atoms with Crippen LogP contribution in [0.25, 0.3) is 0 Å². The van der Waals surface area contributed by atoms with E-state index in [0.29, 0.717) is 0 Å². The highest BCUT2D eigenvalue weighted by Gasteiger charge is 2.52. The third-order valence-corrected chi connectivity index (χ3v) is 5.85. The van der Waals surface area contributed by atoms with E-state index < -0.39 is 5.54 Å². The maximum Gasteiger partial charge on any atom is 0.219 e. The van der Waals surface area contributed by atoms with Crippen LogP contribution in [0.3, 0.4) is 0 Å². The van der Waals surface area contributed by atoms with Crippen LogP contribution in [-0.2, 0) is 11.3 Å². The molecule has 0 radical (unpaired) electrons. The van der Waals surface area contributed by atoms with Crippen LogP contribution in [0.2, 0.25) is 0 Å². The van der Waals surface area contributed by atoms with Crippen molar-refractivity contribution < 1.29 is 9.90 Å². The minimum atomic E-state index is -0.396. The zero-order chi connectivity index (χ0) is 16.7. The number of amides is 1. The van der Waals surface area contributed by atoms with Crippen LogP contribution < -0.4 is 0 Å². The van der Waals surface area contributed by atoms with E-state index in [0.717, 1.165) is 56.8 Å². The van der Waals surface area contributed by atoms with Crippen LogP contribution in [0.1, 0.15) is 44.5 Å². The van der Waals surface area contributed by atoms with Crippen molar-refractivity contribution in [1.82, 2.24) is 19.8 Å². The molecule has 0 saturated carbocycles. The van der Waals surface area contributed by atoms with E-state index in [1.807, 2.05) is 11.8 Å². The Labute approximate surface area is 137 Å². The van der Waals surface area contributed by atoms with Gasteiger partial charge in [0, 0.05) is 25.7 Å². The fraction of sp³-hybridized carbons (Fsp3) is 0.765. The van der Waals surface area contributed by atoms with Gasteiger partial charge in [0.1, 0.15) is 0 Å². The van der Waals surface area contributed by atoms with Crippen LogP contribution in [0.15, 0.2) is 6.33 Å². The SMILES string of the molecule is CC(=O)N1CC2(CCN(Cc3nc[nH]c3C)CC2)C[C@]1(C)CO. The Bertz CT molecular complexity index is 577. The van der Waals surface area contributed by atoms with Gasteiger partial charge in [0.15, 0.2) is 0 Å². The van der Waals surface area contributed by atoms with Gasteiger partial charge in [-0.2, -0.15) is 0 Å². The number of aryl methyl sites for hydroxylation is 1. The lowest BCUT2D eigenvalue weighted by Gasteiger charge is -2.39. The maximum absolute atomic E-state index is 12.0. The summed E-state index contributed by atoms with van der Waals surface area (Å²) >= 11 is 0. The maximum atomic E-state index is 12.0. The van der Waals surface area contributed by atoms with Crippen molar-refractivity contribution in [2.75, 3.05) is 26.2 Å². The summed E-state index contributed by atoms with van der Waals surface area (Å²) in [4.78, 5) is 23.8. The van der Waals surface area contributed by atoms with Crippen LogP contribution >= 0.6 is 0 Å². The van der Waals surface area contributed by atoms with Crippen molar-refractivity contribution in [2.45, 2.75) is 52.1 Å². The molecule has 1 aromatic rings. The fourth-order valence-corrected chi connectivity index (χ4v) is 4.40. The molecule has 0 unspecified atom stereocenters. The number of aromatic nitrogens is 2. The second-order valence-electron chi connectivity index (χ2n) is 7.69. The Balaban J connectivity index is 1.64. The molecule has 1 amide bonds. The molecule has 2 saturated heterocycles. The molecule has 3 rings (SSSR count). The van der Waals surface area contributed by atoms with Gasteiger partial charge in [-0.15, -0.1) is 0 Å². The normalized spacial score (nSPS) is 27.7. The third kappa shape index (κ3) is 3.02. The van der Waals surface area contributed by atoms with Gasteiger partial charge in [-0.05, 0) is 51.6 Å². The molecule has 3 heterocycles. The summed E-state index contributed by atoms with van der Waals surface area (Å²) in [5, 5.41) is 9.80. The molecular weight excluding hydrogens is 292 g/mol. The van der Waals surface area contributed by atoms with Crippen molar-refractivity contribution in [2.24, 2.45) is 5.41 Å². The van der Waals surface area contributed by atoms with Gasteiger partial charge in [-0.1, -0.05) is 0 Å². The first-order valence-corrected chi connectivity index (χ1v) is 8.48. The van der Waals surface area contributed by atoms with Gasteiger partial charge in [0.25, 0.3) is 0 Å². The molecule has 0 aliphatic carbocycles. The summed E-state index contributed by atoms with van der Waals surface area (Å²) in [5.74, 6) is 0.0769. The van der Waals surface area contributed by atoms with Crippen molar-refractivity contribution in [3.63, 3.8) is 0 Å².